The summed E-state index contributed by atoms with van der Waals surface area (Å²) in [6.45, 7) is 1.91. The van der Waals surface area contributed by atoms with Crippen LogP contribution < -0.4 is 5.32 Å². The number of fused-ring (bicyclic) bond motifs is 1. The third kappa shape index (κ3) is 2.25. The van der Waals surface area contributed by atoms with Gasteiger partial charge in [-0.25, -0.2) is 9.37 Å². The lowest BCUT2D eigenvalue weighted by Gasteiger charge is -2.05. The Bertz CT molecular complexity index is 795. The Morgan fingerprint density at radius 3 is 2.80 bits per heavy atom. The van der Waals surface area contributed by atoms with E-state index in [0.717, 1.165) is 11.3 Å². The van der Waals surface area contributed by atoms with Gasteiger partial charge in [-0.1, -0.05) is 18.2 Å². The Kier molecular flexibility index (Phi) is 2.95. The molecule has 0 spiro atoms. The molecule has 0 radical (unpaired) electrons. The molecule has 1 aromatic carbocycles. The van der Waals surface area contributed by atoms with Crippen LogP contribution in [0.1, 0.15) is 16.1 Å². The number of anilines is 1. The summed E-state index contributed by atoms with van der Waals surface area (Å²) in [5.41, 5.74) is 2.48. The number of amides is 1. The molecule has 0 saturated heterocycles. The van der Waals surface area contributed by atoms with Gasteiger partial charge >= 0.3 is 0 Å². The Balaban J connectivity index is 1.91. The van der Waals surface area contributed by atoms with Crippen LogP contribution in [-0.2, 0) is 0 Å². The number of carbonyl (C=O) groups is 1. The molecule has 1 amide bonds. The number of nitrogens with zero attached hydrogens (tertiary/aromatic N) is 2. The molecule has 0 bridgehead atoms. The molecular formula is C15H12FN3O. The van der Waals surface area contributed by atoms with E-state index in [0.29, 0.717) is 5.65 Å². The highest BCUT2D eigenvalue weighted by atomic mass is 19.1. The fourth-order valence-corrected chi connectivity index (χ4v) is 1.97. The Morgan fingerprint density at radius 1 is 1.20 bits per heavy atom. The van der Waals surface area contributed by atoms with Crippen LogP contribution in [0.4, 0.5) is 10.1 Å². The number of halogens is 1. The first-order chi connectivity index (χ1) is 9.63. The summed E-state index contributed by atoms with van der Waals surface area (Å²) >= 11 is 0. The van der Waals surface area contributed by atoms with Gasteiger partial charge in [0.25, 0.3) is 5.91 Å². The van der Waals surface area contributed by atoms with Crippen LogP contribution >= 0.6 is 0 Å². The van der Waals surface area contributed by atoms with E-state index >= 15 is 0 Å². The molecule has 0 atom stereocenters. The molecule has 1 N–H and O–H groups in total. The quantitative estimate of drug-likeness (QED) is 0.777. The van der Waals surface area contributed by atoms with Gasteiger partial charge in [0, 0.05) is 18.1 Å². The van der Waals surface area contributed by atoms with Crippen molar-refractivity contribution in [3.8, 4) is 0 Å². The number of pyridine rings is 1. The fraction of sp³-hybridized carbons (Fsp3) is 0.0667. The topological polar surface area (TPSA) is 46.4 Å². The molecule has 3 aromatic rings. The van der Waals surface area contributed by atoms with Crippen LogP contribution in [0.2, 0.25) is 0 Å². The number of nitrogens with one attached hydrogen (secondary N) is 1. The molecule has 0 aliphatic heterocycles. The number of hydrogen-bond acceptors (Lipinski definition) is 2. The molecule has 0 saturated carbocycles. The number of aryl methyl sites for hydroxylation is 1. The summed E-state index contributed by atoms with van der Waals surface area (Å²) in [4.78, 5) is 16.3. The highest BCUT2D eigenvalue weighted by Crippen LogP contribution is 2.15. The number of para-hydroxylation sites is 1. The number of benzene rings is 1. The van der Waals surface area contributed by atoms with Crippen molar-refractivity contribution in [2.24, 2.45) is 0 Å². The minimum Gasteiger partial charge on any atom is -0.320 e. The van der Waals surface area contributed by atoms with Crippen molar-refractivity contribution in [2.75, 3.05) is 5.32 Å². The van der Waals surface area contributed by atoms with E-state index in [4.69, 9.17) is 0 Å². The van der Waals surface area contributed by atoms with Gasteiger partial charge < -0.3 is 9.72 Å². The molecule has 100 valence electrons. The maximum Gasteiger partial charge on any atom is 0.275 e. The second-order valence-corrected chi connectivity index (χ2v) is 4.51. The summed E-state index contributed by atoms with van der Waals surface area (Å²) in [5.74, 6) is -0.691. The van der Waals surface area contributed by atoms with Crippen molar-refractivity contribution in [3.63, 3.8) is 0 Å². The predicted molar refractivity (Wildman–Crippen MR) is 74.3 cm³/mol. The standard InChI is InChI=1S/C15H12FN3O/c1-10-4-2-3-5-12(10)18-15(20)13-9-19-8-11(16)6-7-14(19)17-13/h2-9H,1H3,(H,18,20). The summed E-state index contributed by atoms with van der Waals surface area (Å²) in [5, 5.41) is 2.79. The molecule has 2 aromatic heterocycles. The summed E-state index contributed by atoms with van der Waals surface area (Å²) in [7, 11) is 0. The van der Waals surface area contributed by atoms with Crippen LogP contribution in [0.3, 0.4) is 0 Å². The van der Waals surface area contributed by atoms with Crippen LogP contribution in [0.5, 0.6) is 0 Å². The zero-order valence-electron chi connectivity index (χ0n) is 10.8. The van der Waals surface area contributed by atoms with E-state index in [1.165, 1.54) is 28.9 Å². The third-order valence-corrected chi connectivity index (χ3v) is 3.04. The number of hydrogen-bond donors (Lipinski definition) is 1. The molecule has 2 heterocycles. The van der Waals surface area contributed by atoms with Gasteiger partial charge in [0.15, 0.2) is 0 Å². The van der Waals surface area contributed by atoms with Crippen molar-refractivity contribution in [1.29, 1.82) is 0 Å². The smallest absolute Gasteiger partial charge is 0.275 e. The first-order valence-corrected chi connectivity index (χ1v) is 6.15. The number of imidazole rings is 1. The van der Waals surface area contributed by atoms with Gasteiger partial charge in [-0.15, -0.1) is 0 Å². The third-order valence-electron chi connectivity index (χ3n) is 3.04. The van der Waals surface area contributed by atoms with E-state index in [9.17, 15) is 9.18 Å². The molecule has 20 heavy (non-hydrogen) atoms. The molecule has 0 fully saturated rings. The lowest BCUT2D eigenvalue weighted by molar-refractivity contribution is 0.102. The van der Waals surface area contributed by atoms with E-state index < -0.39 is 0 Å². The second-order valence-electron chi connectivity index (χ2n) is 4.51. The second kappa shape index (κ2) is 4.77. The highest BCUT2D eigenvalue weighted by Gasteiger charge is 2.12. The maximum atomic E-state index is 13.1. The molecule has 0 unspecified atom stereocenters. The minimum atomic E-state index is -0.374. The van der Waals surface area contributed by atoms with Crippen molar-refractivity contribution in [3.05, 3.63) is 65.9 Å². The van der Waals surface area contributed by atoms with Crippen LogP contribution in [0.15, 0.2) is 48.8 Å². The van der Waals surface area contributed by atoms with Crippen LogP contribution in [-0.4, -0.2) is 15.3 Å². The lowest BCUT2D eigenvalue weighted by atomic mass is 10.2. The summed E-state index contributed by atoms with van der Waals surface area (Å²) in [6.07, 6.45) is 2.79. The van der Waals surface area contributed by atoms with Crippen LogP contribution in [0.25, 0.3) is 5.65 Å². The van der Waals surface area contributed by atoms with Gasteiger partial charge in [0.1, 0.15) is 17.2 Å². The number of carbonyl (C=O) groups excluding carboxylic acids is 1. The SMILES string of the molecule is Cc1ccccc1NC(=O)c1cn2cc(F)ccc2n1. The molecule has 3 rings (SSSR count). The van der Waals surface area contributed by atoms with Gasteiger partial charge in [0.2, 0.25) is 0 Å². The average molecular weight is 269 g/mol. The van der Waals surface area contributed by atoms with E-state index in [2.05, 4.69) is 10.3 Å². The zero-order chi connectivity index (χ0) is 14.1. The number of aromatic nitrogens is 2. The summed E-state index contributed by atoms with van der Waals surface area (Å²) < 4.78 is 14.6. The lowest BCUT2D eigenvalue weighted by Crippen LogP contribution is -2.13. The first kappa shape index (κ1) is 12.3. The van der Waals surface area contributed by atoms with Crippen molar-refractivity contribution < 1.29 is 9.18 Å². The molecule has 0 aliphatic rings. The van der Waals surface area contributed by atoms with Gasteiger partial charge in [-0.3, -0.25) is 4.79 Å². The van der Waals surface area contributed by atoms with Crippen LogP contribution in [0, 0.1) is 12.7 Å². The first-order valence-electron chi connectivity index (χ1n) is 6.15. The molecular weight excluding hydrogens is 257 g/mol. The normalized spacial score (nSPS) is 10.7. The van der Waals surface area contributed by atoms with E-state index in [1.54, 1.807) is 0 Å². The van der Waals surface area contributed by atoms with Crippen molar-refractivity contribution in [2.45, 2.75) is 6.92 Å². The van der Waals surface area contributed by atoms with Gasteiger partial charge in [0.05, 0.1) is 0 Å². The fourth-order valence-electron chi connectivity index (χ4n) is 1.97. The molecule has 4 nitrogen and oxygen atoms in total. The zero-order valence-corrected chi connectivity index (χ0v) is 10.8. The minimum absolute atomic E-state index is 0.249. The van der Waals surface area contributed by atoms with Gasteiger partial charge in [-0.2, -0.15) is 0 Å². The van der Waals surface area contributed by atoms with E-state index in [-0.39, 0.29) is 17.4 Å². The summed E-state index contributed by atoms with van der Waals surface area (Å²) in [6, 6.07) is 10.3. The molecule has 5 heteroatoms. The number of rotatable bonds is 2. The Labute approximate surface area is 114 Å². The molecule has 0 aliphatic carbocycles. The highest BCUT2D eigenvalue weighted by molar-refractivity contribution is 6.03. The van der Waals surface area contributed by atoms with Crippen molar-refractivity contribution >= 4 is 17.2 Å². The maximum absolute atomic E-state index is 13.1. The van der Waals surface area contributed by atoms with Gasteiger partial charge in [-0.05, 0) is 30.7 Å². The Morgan fingerprint density at radius 2 is 2.00 bits per heavy atom. The van der Waals surface area contributed by atoms with Crippen molar-refractivity contribution in [1.82, 2.24) is 9.38 Å². The van der Waals surface area contributed by atoms with E-state index in [1.807, 2.05) is 31.2 Å². The monoisotopic (exact) mass is 269 g/mol. The largest absolute Gasteiger partial charge is 0.320 e. The Hall–Kier alpha value is -2.69. The predicted octanol–water partition coefficient (Wildman–Crippen LogP) is 3.03. The average Bonchev–Trinajstić information content (AvgIpc) is 2.84.